The molecule has 0 aliphatic heterocycles. The third kappa shape index (κ3) is 6.18. The number of carbonyl (C=O) groups is 1. The van der Waals surface area contributed by atoms with Crippen molar-refractivity contribution in [3.8, 4) is 11.5 Å². The number of benzene rings is 3. The lowest BCUT2D eigenvalue weighted by Crippen LogP contribution is -2.16. The first kappa shape index (κ1) is 24.4. The molecule has 33 heavy (non-hydrogen) atoms. The second kappa shape index (κ2) is 10.6. The minimum atomic E-state index is -3.91. The molecule has 0 saturated heterocycles. The molecule has 0 aliphatic carbocycles. The zero-order chi connectivity index (χ0) is 24.0. The van der Waals surface area contributed by atoms with E-state index in [2.05, 4.69) is 10.0 Å². The number of para-hydroxylation sites is 1. The highest BCUT2D eigenvalue weighted by Gasteiger charge is 2.19. The largest absolute Gasteiger partial charge is 0.493 e. The molecule has 3 rings (SSSR count). The maximum Gasteiger partial charge on any atom is 0.262 e. The summed E-state index contributed by atoms with van der Waals surface area (Å²) in [6.07, 6.45) is 0.695. The molecule has 0 aliphatic rings. The molecule has 9 heteroatoms. The number of anilines is 2. The second-order valence-corrected chi connectivity index (χ2v) is 9.36. The van der Waals surface area contributed by atoms with E-state index in [1.807, 2.05) is 12.1 Å². The Morgan fingerprint density at radius 3 is 2.39 bits per heavy atom. The van der Waals surface area contributed by atoms with Gasteiger partial charge in [-0.3, -0.25) is 9.52 Å². The monoisotopic (exact) mass is 488 g/mol. The van der Waals surface area contributed by atoms with Gasteiger partial charge in [0.2, 0.25) is 5.91 Å². The number of sulfonamides is 1. The van der Waals surface area contributed by atoms with Gasteiger partial charge in [0, 0.05) is 12.1 Å². The van der Waals surface area contributed by atoms with Crippen molar-refractivity contribution in [2.75, 3.05) is 24.3 Å². The third-order valence-electron chi connectivity index (χ3n) is 4.97. The number of aryl methyl sites for hydroxylation is 2. The maximum absolute atomic E-state index is 12.9. The van der Waals surface area contributed by atoms with E-state index in [0.717, 1.165) is 5.56 Å². The molecule has 7 nitrogen and oxygen atoms in total. The molecule has 0 saturated carbocycles. The topological polar surface area (TPSA) is 93.7 Å². The number of nitrogens with one attached hydrogen (secondary N) is 2. The van der Waals surface area contributed by atoms with Crippen LogP contribution in [0.5, 0.6) is 11.5 Å². The van der Waals surface area contributed by atoms with E-state index >= 15 is 0 Å². The number of ether oxygens (including phenoxy) is 2. The zero-order valence-electron chi connectivity index (χ0n) is 18.5. The Morgan fingerprint density at radius 2 is 1.70 bits per heavy atom. The van der Waals surface area contributed by atoms with Crippen LogP contribution in [0, 0.1) is 6.92 Å². The summed E-state index contributed by atoms with van der Waals surface area (Å²) in [5.74, 6) is 0.968. The number of carbonyl (C=O) groups excluding carboxylic acids is 1. The summed E-state index contributed by atoms with van der Waals surface area (Å²) in [7, 11) is -0.792. The molecule has 3 aromatic carbocycles. The number of hydrogen-bond donors (Lipinski definition) is 2. The number of halogens is 1. The summed E-state index contributed by atoms with van der Waals surface area (Å²) in [5.41, 5.74) is 2.12. The molecule has 0 unspecified atom stereocenters. The van der Waals surface area contributed by atoms with Gasteiger partial charge in [-0.05, 0) is 60.9 Å². The zero-order valence-corrected chi connectivity index (χ0v) is 20.1. The van der Waals surface area contributed by atoms with Crippen LogP contribution in [0.4, 0.5) is 11.4 Å². The number of methoxy groups -OCH3 is 2. The molecule has 0 fully saturated rings. The smallest absolute Gasteiger partial charge is 0.262 e. The SMILES string of the molecule is COc1ccc(CCC(=O)Nc2ccc(C)c(S(=O)(=O)Nc3ccccc3Cl)c2)cc1OC. The van der Waals surface area contributed by atoms with Crippen LogP contribution in [0.2, 0.25) is 5.02 Å². The van der Waals surface area contributed by atoms with Crippen LogP contribution in [0.15, 0.2) is 65.6 Å². The van der Waals surface area contributed by atoms with E-state index in [9.17, 15) is 13.2 Å². The Bertz CT molecular complexity index is 1260. The Hall–Kier alpha value is -3.23. The highest BCUT2D eigenvalue weighted by molar-refractivity contribution is 7.92. The van der Waals surface area contributed by atoms with E-state index in [4.69, 9.17) is 21.1 Å². The molecule has 2 N–H and O–H groups in total. The minimum absolute atomic E-state index is 0.0557. The van der Waals surface area contributed by atoms with Gasteiger partial charge in [-0.15, -0.1) is 0 Å². The van der Waals surface area contributed by atoms with Crippen molar-refractivity contribution < 1.29 is 22.7 Å². The Kier molecular flexibility index (Phi) is 7.84. The average molecular weight is 489 g/mol. The lowest BCUT2D eigenvalue weighted by molar-refractivity contribution is -0.116. The Labute approximate surface area is 198 Å². The normalized spacial score (nSPS) is 11.0. The van der Waals surface area contributed by atoms with Gasteiger partial charge in [0.05, 0.1) is 29.8 Å². The van der Waals surface area contributed by atoms with Gasteiger partial charge in [-0.25, -0.2) is 8.42 Å². The van der Waals surface area contributed by atoms with Crippen molar-refractivity contribution in [3.05, 3.63) is 76.8 Å². The summed E-state index contributed by atoms with van der Waals surface area (Å²) in [6.45, 7) is 1.68. The predicted molar refractivity (Wildman–Crippen MR) is 130 cm³/mol. The third-order valence-corrected chi connectivity index (χ3v) is 6.81. The molecule has 0 spiro atoms. The van der Waals surface area contributed by atoms with E-state index in [1.165, 1.54) is 6.07 Å². The van der Waals surface area contributed by atoms with Gasteiger partial charge in [0.25, 0.3) is 10.0 Å². The number of rotatable bonds is 9. The van der Waals surface area contributed by atoms with Gasteiger partial charge in [0.15, 0.2) is 11.5 Å². The van der Waals surface area contributed by atoms with Crippen molar-refractivity contribution in [1.82, 2.24) is 0 Å². The maximum atomic E-state index is 12.9. The van der Waals surface area contributed by atoms with Gasteiger partial charge < -0.3 is 14.8 Å². The van der Waals surface area contributed by atoms with Gasteiger partial charge in [-0.1, -0.05) is 35.9 Å². The van der Waals surface area contributed by atoms with E-state index in [-0.39, 0.29) is 22.9 Å². The number of amides is 1. The molecule has 174 valence electrons. The molecular formula is C24H25ClN2O5S. The van der Waals surface area contributed by atoms with E-state index in [1.54, 1.807) is 63.6 Å². The summed E-state index contributed by atoms with van der Waals surface area (Å²) in [4.78, 5) is 12.6. The van der Waals surface area contributed by atoms with Crippen molar-refractivity contribution in [2.45, 2.75) is 24.7 Å². The molecular weight excluding hydrogens is 464 g/mol. The van der Waals surface area contributed by atoms with Gasteiger partial charge >= 0.3 is 0 Å². The van der Waals surface area contributed by atoms with Crippen LogP contribution < -0.4 is 19.5 Å². The van der Waals surface area contributed by atoms with Crippen LogP contribution in [0.25, 0.3) is 0 Å². The molecule has 0 atom stereocenters. The lowest BCUT2D eigenvalue weighted by atomic mass is 10.1. The fourth-order valence-corrected chi connectivity index (χ4v) is 4.82. The highest BCUT2D eigenvalue weighted by Crippen LogP contribution is 2.29. The average Bonchev–Trinajstić information content (AvgIpc) is 2.80. The van der Waals surface area contributed by atoms with E-state index < -0.39 is 10.0 Å². The van der Waals surface area contributed by atoms with E-state index in [0.29, 0.717) is 34.2 Å². The summed E-state index contributed by atoms with van der Waals surface area (Å²) >= 11 is 6.08. The fourth-order valence-electron chi connectivity index (χ4n) is 3.23. The lowest BCUT2D eigenvalue weighted by Gasteiger charge is -2.13. The first-order valence-corrected chi connectivity index (χ1v) is 12.0. The number of hydrogen-bond acceptors (Lipinski definition) is 5. The molecule has 3 aromatic rings. The molecule has 0 bridgehead atoms. The summed E-state index contributed by atoms with van der Waals surface area (Å²) < 4.78 is 38.9. The molecule has 0 heterocycles. The Balaban J connectivity index is 1.70. The van der Waals surface area contributed by atoms with Gasteiger partial charge in [-0.2, -0.15) is 0 Å². The molecule has 1 amide bonds. The van der Waals surface area contributed by atoms with Crippen LogP contribution in [0.3, 0.4) is 0 Å². The quantitative estimate of drug-likeness (QED) is 0.440. The molecule has 0 radical (unpaired) electrons. The van der Waals surface area contributed by atoms with Gasteiger partial charge in [0.1, 0.15) is 0 Å². The predicted octanol–water partition coefficient (Wildman–Crippen LogP) is 5.04. The minimum Gasteiger partial charge on any atom is -0.493 e. The van der Waals surface area contributed by atoms with Crippen molar-refractivity contribution >= 4 is 38.9 Å². The first-order chi connectivity index (χ1) is 15.7. The summed E-state index contributed by atoms with van der Waals surface area (Å²) in [5, 5.41) is 3.06. The second-order valence-electron chi connectivity index (χ2n) is 7.30. The standard InChI is InChI=1S/C24H25ClN2O5S/c1-16-8-11-18(15-23(16)33(29,30)27-20-7-5-4-6-19(20)25)26-24(28)13-10-17-9-12-21(31-2)22(14-17)32-3/h4-9,11-12,14-15,27H,10,13H2,1-3H3,(H,26,28). The van der Waals surface area contributed by atoms with Crippen LogP contribution in [-0.4, -0.2) is 28.5 Å². The first-order valence-electron chi connectivity index (χ1n) is 10.1. The van der Waals surface area contributed by atoms with Crippen molar-refractivity contribution in [3.63, 3.8) is 0 Å². The van der Waals surface area contributed by atoms with Crippen molar-refractivity contribution in [2.24, 2.45) is 0 Å². The molecule has 0 aromatic heterocycles. The van der Waals surface area contributed by atoms with Crippen LogP contribution in [-0.2, 0) is 21.2 Å². The fraction of sp³-hybridized carbons (Fsp3) is 0.208. The van der Waals surface area contributed by atoms with Crippen molar-refractivity contribution in [1.29, 1.82) is 0 Å². The Morgan fingerprint density at radius 1 is 0.970 bits per heavy atom. The van der Waals surface area contributed by atoms with Crippen LogP contribution >= 0.6 is 11.6 Å². The summed E-state index contributed by atoms with van der Waals surface area (Å²) in [6, 6.07) is 16.8. The van der Waals surface area contributed by atoms with Crippen LogP contribution in [0.1, 0.15) is 17.5 Å². The highest BCUT2D eigenvalue weighted by atomic mass is 35.5.